The lowest BCUT2D eigenvalue weighted by Crippen LogP contribution is -2.33. The van der Waals surface area contributed by atoms with E-state index >= 15 is 0 Å². The SMILES string of the molecule is COC(CN)CCN(C)CC1CC2CCC1C2. The second kappa shape index (κ2) is 6.17. The summed E-state index contributed by atoms with van der Waals surface area (Å²) < 4.78 is 5.32. The van der Waals surface area contributed by atoms with Crippen molar-refractivity contribution < 1.29 is 4.74 Å². The molecule has 2 saturated carbocycles. The van der Waals surface area contributed by atoms with E-state index in [1.807, 2.05) is 0 Å². The monoisotopic (exact) mass is 240 g/mol. The molecule has 0 aromatic heterocycles. The third kappa shape index (κ3) is 3.43. The summed E-state index contributed by atoms with van der Waals surface area (Å²) in [6, 6.07) is 0. The van der Waals surface area contributed by atoms with Gasteiger partial charge >= 0.3 is 0 Å². The molecule has 4 atom stereocenters. The highest BCUT2D eigenvalue weighted by Crippen LogP contribution is 2.48. The van der Waals surface area contributed by atoms with Gasteiger partial charge in [-0.2, -0.15) is 0 Å². The van der Waals surface area contributed by atoms with Crippen LogP contribution in [0.5, 0.6) is 0 Å². The first kappa shape index (κ1) is 13.3. The molecule has 2 bridgehead atoms. The molecule has 0 aromatic rings. The zero-order chi connectivity index (χ0) is 12.3. The van der Waals surface area contributed by atoms with Crippen molar-refractivity contribution in [1.29, 1.82) is 0 Å². The Kier molecular flexibility index (Phi) is 4.83. The molecule has 2 aliphatic rings. The van der Waals surface area contributed by atoms with Crippen molar-refractivity contribution in [2.45, 2.75) is 38.2 Å². The van der Waals surface area contributed by atoms with Crippen molar-refractivity contribution in [2.75, 3.05) is 33.8 Å². The smallest absolute Gasteiger partial charge is 0.0705 e. The lowest BCUT2D eigenvalue weighted by Gasteiger charge is -2.28. The van der Waals surface area contributed by atoms with Crippen molar-refractivity contribution in [3.8, 4) is 0 Å². The standard InChI is InChI=1S/C14H28N2O/c1-16(6-5-14(9-15)17-2)10-13-8-11-3-4-12(13)7-11/h11-14H,3-10,15H2,1-2H3. The largest absolute Gasteiger partial charge is 0.380 e. The molecule has 3 heteroatoms. The average Bonchev–Trinajstić information content (AvgIpc) is 2.92. The molecule has 0 saturated heterocycles. The molecule has 0 spiro atoms. The zero-order valence-electron chi connectivity index (χ0n) is 11.4. The number of hydrogen-bond acceptors (Lipinski definition) is 3. The van der Waals surface area contributed by atoms with Crippen LogP contribution >= 0.6 is 0 Å². The second-order valence-electron chi connectivity index (χ2n) is 6.08. The van der Waals surface area contributed by atoms with Crippen molar-refractivity contribution in [1.82, 2.24) is 4.90 Å². The number of ether oxygens (including phenoxy) is 1. The lowest BCUT2D eigenvalue weighted by molar-refractivity contribution is 0.0890. The van der Waals surface area contributed by atoms with Gasteiger partial charge in [-0.3, -0.25) is 0 Å². The first-order valence-corrected chi connectivity index (χ1v) is 7.14. The summed E-state index contributed by atoms with van der Waals surface area (Å²) in [6.07, 6.45) is 7.29. The summed E-state index contributed by atoms with van der Waals surface area (Å²) in [4.78, 5) is 2.48. The third-order valence-corrected chi connectivity index (χ3v) is 4.86. The topological polar surface area (TPSA) is 38.5 Å². The molecule has 2 aliphatic carbocycles. The summed E-state index contributed by atoms with van der Waals surface area (Å²) >= 11 is 0. The second-order valence-corrected chi connectivity index (χ2v) is 6.08. The van der Waals surface area contributed by atoms with Crippen LogP contribution in [0.2, 0.25) is 0 Å². The van der Waals surface area contributed by atoms with E-state index in [-0.39, 0.29) is 6.10 Å². The van der Waals surface area contributed by atoms with Gasteiger partial charge < -0.3 is 15.4 Å². The molecule has 0 aromatic carbocycles. The fraction of sp³-hybridized carbons (Fsp3) is 1.00. The quantitative estimate of drug-likeness (QED) is 0.736. The molecular weight excluding hydrogens is 212 g/mol. The molecule has 0 aliphatic heterocycles. The fourth-order valence-electron chi connectivity index (χ4n) is 3.79. The van der Waals surface area contributed by atoms with E-state index < -0.39 is 0 Å². The molecule has 2 rings (SSSR count). The number of rotatable bonds is 7. The normalized spacial score (nSPS) is 33.5. The highest BCUT2D eigenvalue weighted by molar-refractivity contribution is 4.90. The predicted molar refractivity (Wildman–Crippen MR) is 70.9 cm³/mol. The number of nitrogens with zero attached hydrogens (tertiary/aromatic N) is 1. The van der Waals surface area contributed by atoms with E-state index in [4.69, 9.17) is 10.5 Å². The van der Waals surface area contributed by atoms with Gasteiger partial charge in [0.25, 0.3) is 0 Å². The van der Waals surface area contributed by atoms with Gasteiger partial charge in [0.1, 0.15) is 0 Å². The van der Waals surface area contributed by atoms with Crippen molar-refractivity contribution in [3.05, 3.63) is 0 Å². The first-order valence-electron chi connectivity index (χ1n) is 7.14. The minimum atomic E-state index is 0.234. The van der Waals surface area contributed by atoms with Crippen LogP contribution in [0.15, 0.2) is 0 Å². The van der Waals surface area contributed by atoms with E-state index in [0.717, 1.165) is 30.7 Å². The Bertz CT molecular complexity index is 230. The van der Waals surface area contributed by atoms with E-state index in [2.05, 4.69) is 11.9 Å². The van der Waals surface area contributed by atoms with Crippen LogP contribution in [0.3, 0.4) is 0 Å². The van der Waals surface area contributed by atoms with E-state index in [1.165, 1.54) is 32.2 Å². The van der Waals surface area contributed by atoms with Crippen LogP contribution in [-0.2, 0) is 4.74 Å². The molecular formula is C14H28N2O. The minimum Gasteiger partial charge on any atom is -0.380 e. The average molecular weight is 240 g/mol. The van der Waals surface area contributed by atoms with Crippen LogP contribution in [-0.4, -0.2) is 44.8 Å². The van der Waals surface area contributed by atoms with Crippen LogP contribution in [0, 0.1) is 17.8 Å². The zero-order valence-corrected chi connectivity index (χ0v) is 11.4. The van der Waals surface area contributed by atoms with Gasteiger partial charge in [-0.1, -0.05) is 6.42 Å². The van der Waals surface area contributed by atoms with Gasteiger partial charge in [-0.25, -0.2) is 0 Å². The Morgan fingerprint density at radius 1 is 1.35 bits per heavy atom. The van der Waals surface area contributed by atoms with Crippen molar-refractivity contribution >= 4 is 0 Å². The molecule has 3 nitrogen and oxygen atoms in total. The van der Waals surface area contributed by atoms with E-state index in [0.29, 0.717) is 6.54 Å². The molecule has 2 N–H and O–H groups in total. The van der Waals surface area contributed by atoms with Gasteiger partial charge in [0.15, 0.2) is 0 Å². The van der Waals surface area contributed by atoms with Crippen molar-refractivity contribution in [3.63, 3.8) is 0 Å². The van der Waals surface area contributed by atoms with Crippen LogP contribution in [0.25, 0.3) is 0 Å². The molecule has 0 radical (unpaired) electrons. The van der Waals surface area contributed by atoms with E-state index in [1.54, 1.807) is 7.11 Å². The molecule has 17 heavy (non-hydrogen) atoms. The summed E-state index contributed by atoms with van der Waals surface area (Å²) in [7, 11) is 4.00. The summed E-state index contributed by atoms with van der Waals surface area (Å²) in [6.45, 7) is 3.03. The van der Waals surface area contributed by atoms with Crippen LogP contribution in [0.4, 0.5) is 0 Å². The summed E-state index contributed by atoms with van der Waals surface area (Å²) in [5, 5.41) is 0. The summed E-state index contributed by atoms with van der Waals surface area (Å²) in [5.41, 5.74) is 5.64. The van der Waals surface area contributed by atoms with Gasteiger partial charge in [0.2, 0.25) is 0 Å². The van der Waals surface area contributed by atoms with Crippen LogP contribution < -0.4 is 5.73 Å². The number of nitrogens with two attached hydrogens (primary N) is 1. The first-order chi connectivity index (χ1) is 8.22. The molecule has 0 heterocycles. The molecule has 0 amide bonds. The Morgan fingerprint density at radius 2 is 2.18 bits per heavy atom. The van der Waals surface area contributed by atoms with E-state index in [9.17, 15) is 0 Å². The van der Waals surface area contributed by atoms with Crippen molar-refractivity contribution in [2.24, 2.45) is 23.5 Å². The number of methoxy groups -OCH3 is 1. The number of fused-ring (bicyclic) bond motifs is 2. The van der Waals surface area contributed by atoms with Crippen LogP contribution in [0.1, 0.15) is 32.1 Å². The Labute approximate surface area is 106 Å². The maximum atomic E-state index is 5.64. The molecule has 100 valence electrons. The predicted octanol–water partition coefficient (Wildman–Crippen LogP) is 1.72. The highest BCUT2D eigenvalue weighted by Gasteiger charge is 2.39. The molecule has 2 fully saturated rings. The Morgan fingerprint density at radius 3 is 2.71 bits per heavy atom. The third-order valence-electron chi connectivity index (χ3n) is 4.86. The Balaban J connectivity index is 1.65. The maximum Gasteiger partial charge on any atom is 0.0705 e. The highest BCUT2D eigenvalue weighted by atomic mass is 16.5. The maximum absolute atomic E-state index is 5.64. The fourth-order valence-corrected chi connectivity index (χ4v) is 3.79. The Hall–Kier alpha value is -0.120. The van der Waals surface area contributed by atoms with Gasteiger partial charge in [-0.05, 0) is 50.5 Å². The van der Waals surface area contributed by atoms with Gasteiger partial charge in [0, 0.05) is 26.7 Å². The number of hydrogen-bond donors (Lipinski definition) is 1. The minimum absolute atomic E-state index is 0.234. The molecule has 4 unspecified atom stereocenters. The van der Waals surface area contributed by atoms with Gasteiger partial charge in [0.05, 0.1) is 6.10 Å². The lowest BCUT2D eigenvalue weighted by atomic mass is 9.88. The summed E-state index contributed by atoms with van der Waals surface area (Å²) in [5.74, 6) is 3.07. The van der Waals surface area contributed by atoms with Gasteiger partial charge in [-0.15, -0.1) is 0 Å².